The summed E-state index contributed by atoms with van der Waals surface area (Å²) in [6.07, 6.45) is -0.731. The number of anilines is 1. The molecule has 112 valence electrons. The first-order chi connectivity index (χ1) is 10.0. The molecule has 0 amide bonds. The molecule has 0 aromatic heterocycles. The lowest BCUT2D eigenvalue weighted by Gasteiger charge is -2.15. The van der Waals surface area contributed by atoms with Gasteiger partial charge in [0.15, 0.2) is 0 Å². The minimum absolute atomic E-state index is 0.142. The Morgan fingerprint density at radius 3 is 2.67 bits per heavy atom. The maximum Gasteiger partial charge on any atom is 0.125 e. The fourth-order valence-electron chi connectivity index (χ4n) is 1.75. The maximum atomic E-state index is 13.1. The van der Waals surface area contributed by atoms with Crippen LogP contribution in [0.2, 0.25) is 5.02 Å². The van der Waals surface area contributed by atoms with Crippen LogP contribution in [-0.4, -0.2) is 24.4 Å². The van der Waals surface area contributed by atoms with Crippen LogP contribution >= 0.6 is 11.6 Å². The number of aryl methyl sites for hydroxylation is 1. The van der Waals surface area contributed by atoms with Crippen molar-refractivity contribution >= 4 is 17.3 Å². The normalized spacial score (nSPS) is 12.0. The van der Waals surface area contributed by atoms with Crippen LogP contribution in [0.3, 0.4) is 0 Å². The van der Waals surface area contributed by atoms with Crippen LogP contribution in [-0.2, 0) is 0 Å². The summed E-state index contributed by atoms with van der Waals surface area (Å²) in [4.78, 5) is 0. The van der Waals surface area contributed by atoms with Crippen LogP contribution in [0.1, 0.15) is 5.56 Å². The van der Waals surface area contributed by atoms with Crippen molar-refractivity contribution in [2.75, 3.05) is 18.5 Å². The first-order valence-electron chi connectivity index (χ1n) is 6.61. The summed E-state index contributed by atoms with van der Waals surface area (Å²) in [6, 6.07) is 11.6. The third kappa shape index (κ3) is 4.92. The third-order valence-corrected chi connectivity index (χ3v) is 3.25. The van der Waals surface area contributed by atoms with E-state index in [2.05, 4.69) is 5.32 Å². The minimum Gasteiger partial charge on any atom is -0.491 e. The summed E-state index contributed by atoms with van der Waals surface area (Å²) >= 11 is 5.93. The fraction of sp³-hybridized carbons (Fsp3) is 0.250. The molecule has 0 radical (unpaired) electrons. The van der Waals surface area contributed by atoms with E-state index in [1.165, 1.54) is 18.2 Å². The van der Waals surface area contributed by atoms with Crippen LogP contribution in [0, 0.1) is 12.7 Å². The Morgan fingerprint density at radius 1 is 1.24 bits per heavy atom. The molecule has 0 spiro atoms. The standard InChI is InChI=1S/C16H17ClFNO2/c1-11-2-5-14(6-3-11)21-10-13(20)9-19-16-8-12(18)4-7-15(16)17/h2-8,13,19-20H,9-10H2,1H3. The van der Waals surface area contributed by atoms with E-state index in [1.807, 2.05) is 31.2 Å². The highest BCUT2D eigenvalue weighted by Gasteiger charge is 2.07. The van der Waals surface area contributed by atoms with Gasteiger partial charge < -0.3 is 15.2 Å². The number of ether oxygens (including phenoxy) is 1. The molecule has 2 N–H and O–H groups in total. The Morgan fingerprint density at radius 2 is 1.95 bits per heavy atom. The van der Waals surface area contributed by atoms with Crippen molar-refractivity contribution < 1.29 is 14.2 Å². The van der Waals surface area contributed by atoms with Crippen molar-refractivity contribution in [3.63, 3.8) is 0 Å². The lowest BCUT2D eigenvalue weighted by atomic mass is 10.2. The van der Waals surface area contributed by atoms with Gasteiger partial charge in [-0.1, -0.05) is 29.3 Å². The second-order valence-corrected chi connectivity index (χ2v) is 5.19. The van der Waals surface area contributed by atoms with Crippen molar-refractivity contribution in [1.82, 2.24) is 0 Å². The van der Waals surface area contributed by atoms with E-state index in [1.54, 1.807) is 0 Å². The fourth-order valence-corrected chi connectivity index (χ4v) is 1.93. The number of hydrogen-bond acceptors (Lipinski definition) is 3. The first kappa shape index (κ1) is 15.6. The van der Waals surface area contributed by atoms with Gasteiger partial charge in [-0.25, -0.2) is 4.39 Å². The van der Waals surface area contributed by atoms with Crippen LogP contribution in [0.15, 0.2) is 42.5 Å². The van der Waals surface area contributed by atoms with E-state index in [4.69, 9.17) is 16.3 Å². The maximum absolute atomic E-state index is 13.1. The number of rotatable bonds is 6. The average molecular weight is 310 g/mol. The Labute approximate surface area is 128 Å². The number of hydrogen-bond donors (Lipinski definition) is 2. The molecule has 2 aromatic rings. The molecule has 21 heavy (non-hydrogen) atoms. The van der Waals surface area contributed by atoms with E-state index < -0.39 is 6.10 Å². The lowest BCUT2D eigenvalue weighted by Crippen LogP contribution is -2.26. The minimum atomic E-state index is -0.731. The van der Waals surface area contributed by atoms with E-state index in [0.29, 0.717) is 16.5 Å². The van der Waals surface area contributed by atoms with Gasteiger partial charge in [0.25, 0.3) is 0 Å². The highest BCUT2D eigenvalue weighted by Crippen LogP contribution is 2.22. The molecule has 3 nitrogen and oxygen atoms in total. The van der Waals surface area contributed by atoms with Crippen molar-refractivity contribution in [1.29, 1.82) is 0 Å². The van der Waals surface area contributed by atoms with E-state index in [9.17, 15) is 9.50 Å². The highest BCUT2D eigenvalue weighted by atomic mass is 35.5. The second-order valence-electron chi connectivity index (χ2n) is 4.78. The van der Waals surface area contributed by atoms with E-state index >= 15 is 0 Å². The summed E-state index contributed by atoms with van der Waals surface area (Å²) in [7, 11) is 0. The van der Waals surface area contributed by atoms with Gasteiger partial charge in [-0.05, 0) is 37.3 Å². The Kier molecular flexibility index (Phi) is 5.42. The van der Waals surface area contributed by atoms with Crippen LogP contribution < -0.4 is 10.1 Å². The van der Waals surface area contributed by atoms with Crippen LogP contribution in [0.5, 0.6) is 5.75 Å². The molecular formula is C16H17ClFNO2. The Hall–Kier alpha value is -1.78. The molecule has 1 unspecified atom stereocenters. The van der Waals surface area contributed by atoms with Crippen molar-refractivity contribution in [2.45, 2.75) is 13.0 Å². The summed E-state index contributed by atoms with van der Waals surface area (Å²) in [5.41, 5.74) is 1.59. The molecule has 0 aliphatic rings. The number of aliphatic hydroxyl groups is 1. The van der Waals surface area contributed by atoms with Crippen LogP contribution in [0.4, 0.5) is 10.1 Å². The van der Waals surface area contributed by atoms with Crippen molar-refractivity contribution in [2.24, 2.45) is 0 Å². The lowest BCUT2D eigenvalue weighted by molar-refractivity contribution is 0.117. The molecule has 0 heterocycles. The molecule has 0 bridgehead atoms. The molecule has 0 aliphatic heterocycles. The molecule has 0 saturated heterocycles. The van der Waals surface area contributed by atoms with Gasteiger partial charge in [0.05, 0.1) is 10.7 Å². The van der Waals surface area contributed by atoms with Crippen molar-refractivity contribution in [3.8, 4) is 5.75 Å². The first-order valence-corrected chi connectivity index (χ1v) is 6.99. The summed E-state index contributed by atoms with van der Waals surface area (Å²) in [5, 5.41) is 13.2. The number of aliphatic hydroxyl groups excluding tert-OH is 1. The van der Waals surface area contributed by atoms with Gasteiger partial charge in [0.1, 0.15) is 24.3 Å². The number of nitrogens with one attached hydrogen (secondary N) is 1. The highest BCUT2D eigenvalue weighted by molar-refractivity contribution is 6.33. The van der Waals surface area contributed by atoms with Gasteiger partial charge in [0.2, 0.25) is 0 Å². The van der Waals surface area contributed by atoms with Gasteiger partial charge in [-0.3, -0.25) is 0 Å². The SMILES string of the molecule is Cc1ccc(OCC(O)CNc2cc(F)ccc2Cl)cc1. The smallest absolute Gasteiger partial charge is 0.125 e. The van der Waals surface area contributed by atoms with Gasteiger partial charge in [-0.15, -0.1) is 0 Å². The molecule has 2 rings (SSSR count). The predicted octanol–water partition coefficient (Wildman–Crippen LogP) is 3.64. The van der Waals surface area contributed by atoms with E-state index in [-0.39, 0.29) is 19.0 Å². The van der Waals surface area contributed by atoms with E-state index in [0.717, 1.165) is 5.56 Å². The summed E-state index contributed by atoms with van der Waals surface area (Å²) < 4.78 is 18.6. The molecule has 5 heteroatoms. The molecule has 1 atom stereocenters. The van der Waals surface area contributed by atoms with Gasteiger partial charge in [-0.2, -0.15) is 0 Å². The molecule has 0 aliphatic carbocycles. The van der Waals surface area contributed by atoms with Crippen molar-refractivity contribution in [3.05, 3.63) is 58.9 Å². The quantitative estimate of drug-likeness (QED) is 0.856. The monoisotopic (exact) mass is 309 g/mol. The van der Waals surface area contributed by atoms with Gasteiger partial charge in [0, 0.05) is 6.54 Å². The second kappa shape index (κ2) is 7.29. The average Bonchev–Trinajstić information content (AvgIpc) is 2.47. The molecular weight excluding hydrogens is 293 g/mol. The van der Waals surface area contributed by atoms with Gasteiger partial charge >= 0.3 is 0 Å². The molecule has 0 fully saturated rings. The Balaban J connectivity index is 1.80. The largest absolute Gasteiger partial charge is 0.491 e. The topological polar surface area (TPSA) is 41.5 Å². The third-order valence-electron chi connectivity index (χ3n) is 2.92. The molecule has 2 aromatic carbocycles. The predicted molar refractivity (Wildman–Crippen MR) is 82.6 cm³/mol. The zero-order chi connectivity index (χ0) is 15.2. The zero-order valence-electron chi connectivity index (χ0n) is 11.6. The Bertz CT molecular complexity index is 589. The number of benzene rings is 2. The van der Waals surface area contributed by atoms with Crippen LogP contribution in [0.25, 0.3) is 0 Å². The number of halogens is 2. The summed E-state index contributed by atoms with van der Waals surface area (Å²) in [6.45, 7) is 2.35. The molecule has 0 saturated carbocycles. The zero-order valence-corrected chi connectivity index (χ0v) is 12.4. The summed E-state index contributed by atoms with van der Waals surface area (Å²) in [5.74, 6) is 0.315.